The average Bonchev–Trinajstić information content (AvgIpc) is 2.38. The number of rotatable bonds is 9. The molecule has 0 aliphatic carbocycles. The van der Waals surface area contributed by atoms with Crippen molar-refractivity contribution in [1.82, 2.24) is 15.1 Å². The number of nitrogens with one attached hydrogen (secondary N) is 1. The molecule has 4 heteroatoms. The van der Waals surface area contributed by atoms with Crippen molar-refractivity contribution in [1.29, 1.82) is 0 Å². The molecular weight excluding hydrogens is 214 g/mol. The Hall–Kier alpha value is -0.160. The average molecular weight is 243 g/mol. The fourth-order valence-electron chi connectivity index (χ4n) is 2.13. The van der Waals surface area contributed by atoms with E-state index in [0.717, 1.165) is 32.7 Å². The van der Waals surface area contributed by atoms with Gasteiger partial charge < -0.3 is 15.0 Å². The van der Waals surface area contributed by atoms with Gasteiger partial charge in [0.1, 0.15) is 0 Å². The highest BCUT2D eigenvalue weighted by molar-refractivity contribution is 4.71. The minimum atomic E-state index is 0.835. The van der Waals surface area contributed by atoms with E-state index >= 15 is 0 Å². The Morgan fingerprint density at radius 1 is 1.00 bits per heavy atom. The molecule has 4 nitrogen and oxygen atoms in total. The van der Waals surface area contributed by atoms with E-state index in [9.17, 15) is 0 Å². The summed E-state index contributed by atoms with van der Waals surface area (Å²) in [6, 6.07) is 0. The molecule has 0 unspecified atom stereocenters. The summed E-state index contributed by atoms with van der Waals surface area (Å²) in [5, 5.41) is 3.48. The lowest BCUT2D eigenvalue weighted by Gasteiger charge is -2.34. The summed E-state index contributed by atoms with van der Waals surface area (Å²) in [5.74, 6) is 0. The molecule has 1 saturated heterocycles. The van der Waals surface area contributed by atoms with Gasteiger partial charge in [0, 0.05) is 52.5 Å². The van der Waals surface area contributed by atoms with E-state index in [4.69, 9.17) is 4.74 Å². The standard InChI is InChI=1S/C13H29N3O/c1-3-15-9-11-16(12-10-15)8-7-14-6-5-13-17-4-2/h14H,3-13H2,1-2H3. The van der Waals surface area contributed by atoms with E-state index in [0.29, 0.717) is 0 Å². The van der Waals surface area contributed by atoms with Gasteiger partial charge in [0.05, 0.1) is 0 Å². The molecule has 102 valence electrons. The zero-order valence-corrected chi connectivity index (χ0v) is 11.6. The number of hydrogen-bond donors (Lipinski definition) is 1. The van der Waals surface area contributed by atoms with Gasteiger partial charge in [0.25, 0.3) is 0 Å². The molecule has 1 aliphatic heterocycles. The lowest BCUT2D eigenvalue weighted by molar-refractivity contribution is 0.135. The Labute approximate surface area is 106 Å². The molecule has 0 aromatic heterocycles. The third-order valence-electron chi connectivity index (χ3n) is 3.36. The largest absolute Gasteiger partial charge is 0.382 e. The van der Waals surface area contributed by atoms with E-state index in [1.807, 2.05) is 6.92 Å². The van der Waals surface area contributed by atoms with Crippen molar-refractivity contribution >= 4 is 0 Å². The second-order valence-electron chi connectivity index (χ2n) is 4.58. The Morgan fingerprint density at radius 3 is 2.35 bits per heavy atom. The second kappa shape index (κ2) is 9.83. The maximum atomic E-state index is 5.30. The number of ether oxygens (including phenoxy) is 1. The van der Waals surface area contributed by atoms with Crippen LogP contribution in [0.25, 0.3) is 0 Å². The van der Waals surface area contributed by atoms with Crippen LogP contribution >= 0.6 is 0 Å². The highest BCUT2D eigenvalue weighted by atomic mass is 16.5. The van der Waals surface area contributed by atoms with Crippen molar-refractivity contribution in [2.75, 3.05) is 65.6 Å². The van der Waals surface area contributed by atoms with Crippen LogP contribution in [-0.2, 0) is 4.74 Å². The lowest BCUT2D eigenvalue weighted by Crippen LogP contribution is -2.47. The molecule has 0 aromatic rings. The maximum Gasteiger partial charge on any atom is 0.0477 e. The number of piperazine rings is 1. The second-order valence-corrected chi connectivity index (χ2v) is 4.58. The summed E-state index contributed by atoms with van der Waals surface area (Å²) in [5.41, 5.74) is 0. The van der Waals surface area contributed by atoms with Crippen LogP contribution in [0, 0.1) is 0 Å². The molecule has 0 amide bonds. The lowest BCUT2D eigenvalue weighted by atomic mass is 10.3. The highest BCUT2D eigenvalue weighted by Crippen LogP contribution is 1.99. The predicted molar refractivity (Wildman–Crippen MR) is 72.5 cm³/mol. The van der Waals surface area contributed by atoms with Crippen molar-refractivity contribution in [2.24, 2.45) is 0 Å². The molecule has 0 bridgehead atoms. The van der Waals surface area contributed by atoms with Crippen molar-refractivity contribution < 1.29 is 4.74 Å². The molecule has 0 spiro atoms. The normalized spacial score (nSPS) is 18.7. The Kier molecular flexibility index (Phi) is 8.61. The molecule has 1 fully saturated rings. The third-order valence-corrected chi connectivity index (χ3v) is 3.36. The first kappa shape index (κ1) is 14.9. The maximum absolute atomic E-state index is 5.30. The highest BCUT2D eigenvalue weighted by Gasteiger charge is 2.14. The summed E-state index contributed by atoms with van der Waals surface area (Å²) in [6.07, 6.45) is 1.12. The Balaban J connectivity index is 1.87. The van der Waals surface area contributed by atoms with Crippen molar-refractivity contribution in [3.8, 4) is 0 Å². The van der Waals surface area contributed by atoms with Gasteiger partial charge in [-0.2, -0.15) is 0 Å². The number of hydrogen-bond acceptors (Lipinski definition) is 4. The summed E-state index contributed by atoms with van der Waals surface area (Å²) in [6.45, 7) is 15.5. The van der Waals surface area contributed by atoms with Crippen molar-refractivity contribution in [2.45, 2.75) is 20.3 Å². The fourth-order valence-corrected chi connectivity index (χ4v) is 2.13. The SMILES string of the molecule is CCOCCCNCCN1CCN(CC)CC1. The van der Waals surface area contributed by atoms with Gasteiger partial charge in [-0.1, -0.05) is 6.92 Å². The third kappa shape index (κ3) is 6.99. The van der Waals surface area contributed by atoms with Crippen LogP contribution in [0.3, 0.4) is 0 Å². The molecule has 1 heterocycles. The van der Waals surface area contributed by atoms with Gasteiger partial charge in [0.15, 0.2) is 0 Å². The van der Waals surface area contributed by atoms with Crippen LogP contribution in [0.1, 0.15) is 20.3 Å². The van der Waals surface area contributed by atoms with Gasteiger partial charge in [-0.05, 0) is 26.4 Å². The van der Waals surface area contributed by atoms with Gasteiger partial charge in [-0.25, -0.2) is 0 Å². The van der Waals surface area contributed by atoms with Crippen molar-refractivity contribution in [3.63, 3.8) is 0 Å². The summed E-state index contributed by atoms with van der Waals surface area (Å²) < 4.78 is 5.30. The monoisotopic (exact) mass is 243 g/mol. The molecule has 1 aliphatic rings. The fraction of sp³-hybridized carbons (Fsp3) is 1.00. The molecule has 17 heavy (non-hydrogen) atoms. The van der Waals surface area contributed by atoms with E-state index in [1.54, 1.807) is 0 Å². The quantitative estimate of drug-likeness (QED) is 0.602. The van der Waals surface area contributed by atoms with Gasteiger partial charge in [-0.15, -0.1) is 0 Å². The molecule has 0 aromatic carbocycles. The van der Waals surface area contributed by atoms with Gasteiger partial charge >= 0.3 is 0 Å². The van der Waals surface area contributed by atoms with E-state index < -0.39 is 0 Å². The summed E-state index contributed by atoms with van der Waals surface area (Å²) in [4.78, 5) is 5.08. The van der Waals surface area contributed by atoms with Gasteiger partial charge in [-0.3, -0.25) is 4.90 Å². The smallest absolute Gasteiger partial charge is 0.0477 e. The molecule has 0 saturated carbocycles. The van der Waals surface area contributed by atoms with Crippen LogP contribution in [0.15, 0.2) is 0 Å². The van der Waals surface area contributed by atoms with E-state index in [-0.39, 0.29) is 0 Å². The molecule has 0 atom stereocenters. The van der Waals surface area contributed by atoms with Crippen LogP contribution in [-0.4, -0.2) is 75.4 Å². The number of nitrogens with zero attached hydrogens (tertiary/aromatic N) is 2. The summed E-state index contributed by atoms with van der Waals surface area (Å²) in [7, 11) is 0. The zero-order valence-electron chi connectivity index (χ0n) is 11.6. The first-order chi connectivity index (χ1) is 8.36. The van der Waals surface area contributed by atoms with Crippen LogP contribution in [0.4, 0.5) is 0 Å². The minimum Gasteiger partial charge on any atom is -0.382 e. The first-order valence-corrected chi connectivity index (χ1v) is 7.10. The van der Waals surface area contributed by atoms with E-state index in [1.165, 1.54) is 39.3 Å². The molecular formula is C13H29N3O. The molecule has 0 radical (unpaired) electrons. The van der Waals surface area contributed by atoms with E-state index in [2.05, 4.69) is 22.0 Å². The Bertz CT molecular complexity index is 170. The van der Waals surface area contributed by atoms with Gasteiger partial charge in [0.2, 0.25) is 0 Å². The van der Waals surface area contributed by atoms with Crippen LogP contribution in [0.2, 0.25) is 0 Å². The molecule has 1 N–H and O–H groups in total. The minimum absolute atomic E-state index is 0.835. The summed E-state index contributed by atoms with van der Waals surface area (Å²) >= 11 is 0. The first-order valence-electron chi connectivity index (χ1n) is 7.10. The Morgan fingerprint density at radius 2 is 1.71 bits per heavy atom. The molecule has 1 rings (SSSR count). The van der Waals surface area contributed by atoms with Crippen LogP contribution < -0.4 is 5.32 Å². The zero-order chi connectivity index (χ0) is 12.3. The van der Waals surface area contributed by atoms with Crippen molar-refractivity contribution in [3.05, 3.63) is 0 Å². The predicted octanol–water partition coefficient (Wildman–Crippen LogP) is 0.640. The number of likely N-dealkylation sites (N-methyl/N-ethyl adjacent to an activating group) is 1. The topological polar surface area (TPSA) is 27.7 Å². The van der Waals surface area contributed by atoms with Crippen LogP contribution in [0.5, 0.6) is 0 Å².